The van der Waals surface area contributed by atoms with Crippen molar-refractivity contribution in [3.8, 4) is 22.7 Å². The highest BCUT2D eigenvalue weighted by atomic mass is 16.5. The number of unbranched alkanes of at least 4 members (excludes halogenated alkanes) is 2. The number of carbonyl (C=O) groups is 1. The lowest BCUT2D eigenvalue weighted by Crippen LogP contribution is -2.27. The molecule has 0 bridgehead atoms. The molecule has 0 aliphatic heterocycles. The van der Waals surface area contributed by atoms with Crippen molar-refractivity contribution >= 4 is 5.91 Å². The average molecular weight is 392 g/mol. The largest absolute Gasteiger partial charge is 0.497 e. The first-order valence-electron chi connectivity index (χ1n) is 10.1. The Morgan fingerprint density at radius 3 is 2.48 bits per heavy atom. The third kappa shape index (κ3) is 4.86. The second kappa shape index (κ2) is 9.41. The normalized spacial score (nSPS) is 10.8. The molecular formula is C24H29N3O2. The highest BCUT2D eigenvalue weighted by molar-refractivity contribution is 5.94. The topological polar surface area (TPSA) is 56.1 Å². The molecule has 0 aliphatic carbocycles. The fourth-order valence-electron chi connectivity index (χ4n) is 3.34. The van der Waals surface area contributed by atoms with Crippen molar-refractivity contribution in [3.05, 3.63) is 65.4 Å². The van der Waals surface area contributed by atoms with E-state index in [9.17, 15) is 4.79 Å². The first kappa shape index (κ1) is 20.6. The van der Waals surface area contributed by atoms with E-state index < -0.39 is 0 Å². The Bertz CT molecular complexity index is 974. The number of benzene rings is 2. The van der Waals surface area contributed by atoms with Crippen LogP contribution in [0.4, 0.5) is 0 Å². The van der Waals surface area contributed by atoms with Gasteiger partial charge in [0.1, 0.15) is 11.4 Å². The summed E-state index contributed by atoms with van der Waals surface area (Å²) in [6.45, 7) is 6.92. The number of methoxy groups -OCH3 is 1. The van der Waals surface area contributed by atoms with Crippen LogP contribution in [0.1, 0.15) is 47.8 Å². The first-order valence-corrected chi connectivity index (χ1v) is 10.1. The average Bonchev–Trinajstić information content (AvgIpc) is 3.16. The van der Waals surface area contributed by atoms with Crippen molar-refractivity contribution < 1.29 is 9.53 Å². The number of aromatic nitrogens is 2. The Hall–Kier alpha value is -3.08. The van der Waals surface area contributed by atoms with Gasteiger partial charge >= 0.3 is 0 Å². The molecule has 0 unspecified atom stereocenters. The Labute approximate surface area is 172 Å². The fraction of sp³-hybridized carbons (Fsp3) is 0.333. The lowest BCUT2D eigenvalue weighted by Gasteiger charge is -2.11. The van der Waals surface area contributed by atoms with Crippen LogP contribution in [0.25, 0.3) is 16.9 Å². The predicted molar refractivity (Wildman–Crippen MR) is 117 cm³/mol. The van der Waals surface area contributed by atoms with E-state index in [4.69, 9.17) is 9.84 Å². The number of amides is 1. The summed E-state index contributed by atoms with van der Waals surface area (Å²) in [5.74, 6) is 0.685. The van der Waals surface area contributed by atoms with Crippen LogP contribution in [0.5, 0.6) is 5.75 Å². The molecule has 29 heavy (non-hydrogen) atoms. The summed E-state index contributed by atoms with van der Waals surface area (Å²) in [4.78, 5) is 12.9. The van der Waals surface area contributed by atoms with Crippen molar-refractivity contribution in [1.29, 1.82) is 0 Å². The summed E-state index contributed by atoms with van der Waals surface area (Å²) in [6.07, 6.45) is 3.21. The third-order valence-corrected chi connectivity index (χ3v) is 4.97. The van der Waals surface area contributed by atoms with Crippen LogP contribution in [0.3, 0.4) is 0 Å². The van der Waals surface area contributed by atoms with Crippen LogP contribution in [-0.4, -0.2) is 29.3 Å². The van der Waals surface area contributed by atoms with Gasteiger partial charge in [-0.1, -0.05) is 37.5 Å². The lowest BCUT2D eigenvalue weighted by atomic mass is 10.1. The van der Waals surface area contributed by atoms with Crippen LogP contribution >= 0.6 is 0 Å². The van der Waals surface area contributed by atoms with Gasteiger partial charge in [-0.05, 0) is 62.2 Å². The summed E-state index contributed by atoms with van der Waals surface area (Å²) in [6, 6.07) is 15.7. The van der Waals surface area contributed by atoms with Gasteiger partial charge in [-0.25, -0.2) is 4.68 Å². The zero-order valence-electron chi connectivity index (χ0n) is 17.7. The highest BCUT2D eigenvalue weighted by Crippen LogP contribution is 2.25. The van der Waals surface area contributed by atoms with Gasteiger partial charge in [-0.2, -0.15) is 5.10 Å². The van der Waals surface area contributed by atoms with Gasteiger partial charge in [0.05, 0.1) is 18.5 Å². The zero-order chi connectivity index (χ0) is 20.8. The molecule has 0 saturated carbocycles. The minimum atomic E-state index is -0.103. The maximum atomic E-state index is 12.9. The van der Waals surface area contributed by atoms with Gasteiger partial charge in [0, 0.05) is 12.1 Å². The van der Waals surface area contributed by atoms with E-state index in [1.165, 1.54) is 5.56 Å². The molecule has 0 aliphatic rings. The molecule has 3 rings (SSSR count). The SMILES string of the molecule is CCCCCNC(=O)c1cc(-c2ccc(OC)cc2)nn1-c1ccc(C)cc1C. The summed E-state index contributed by atoms with van der Waals surface area (Å²) < 4.78 is 7.00. The molecule has 0 saturated heterocycles. The predicted octanol–water partition coefficient (Wildman–Crippen LogP) is 5.08. The second-order valence-corrected chi connectivity index (χ2v) is 7.31. The van der Waals surface area contributed by atoms with Gasteiger partial charge in [0.2, 0.25) is 0 Å². The quantitative estimate of drug-likeness (QED) is 0.545. The standard InChI is InChI=1S/C24H29N3O2/c1-5-6-7-14-25-24(28)23-16-21(19-9-11-20(29-4)12-10-19)26-27(23)22-13-8-17(2)15-18(22)3/h8-13,15-16H,5-7,14H2,1-4H3,(H,25,28). The molecule has 152 valence electrons. The molecule has 1 N–H and O–H groups in total. The molecule has 5 heteroatoms. The second-order valence-electron chi connectivity index (χ2n) is 7.31. The van der Waals surface area contributed by atoms with Crippen molar-refractivity contribution in [2.45, 2.75) is 40.0 Å². The molecule has 0 fully saturated rings. The van der Waals surface area contributed by atoms with Crippen LogP contribution in [0.2, 0.25) is 0 Å². The molecule has 0 atom stereocenters. The van der Waals surface area contributed by atoms with Crippen molar-refractivity contribution in [2.75, 3.05) is 13.7 Å². The lowest BCUT2D eigenvalue weighted by molar-refractivity contribution is 0.0945. The number of hydrogen-bond acceptors (Lipinski definition) is 3. The first-order chi connectivity index (χ1) is 14.0. The van der Waals surface area contributed by atoms with Crippen LogP contribution < -0.4 is 10.1 Å². The molecule has 0 spiro atoms. The van der Waals surface area contributed by atoms with Crippen molar-refractivity contribution in [1.82, 2.24) is 15.1 Å². The number of ether oxygens (including phenoxy) is 1. The van der Waals surface area contributed by atoms with E-state index in [1.807, 2.05) is 49.4 Å². The van der Waals surface area contributed by atoms with Crippen LogP contribution in [0.15, 0.2) is 48.5 Å². The molecule has 5 nitrogen and oxygen atoms in total. The molecular weight excluding hydrogens is 362 g/mol. The summed E-state index contributed by atoms with van der Waals surface area (Å²) in [5.41, 5.74) is 5.41. The number of rotatable bonds is 8. The Morgan fingerprint density at radius 1 is 1.07 bits per heavy atom. The molecule has 1 amide bonds. The van der Waals surface area contributed by atoms with Gasteiger partial charge in [0.25, 0.3) is 5.91 Å². The molecule has 0 radical (unpaired) electrons. The van der Waals surface area contributed by atoms with E-state index >= 15 is 0 Å². The number of hydrogen-bond donors (Lipinski definition) is 1. The van der Waals surface area contributed by atoms with E-state index in [1.54, 1.807) is 11.8 Å². The maximum absolute atomic E-state index is 12.9. The van der Waals surface area contributed by atoms with Crippen molar-refractivity contribution in [2.24, 2.45) is 0 Å². The highest BCUT2D eigenvalue weighted by Gasteiger charge is 2.18. The smallest absolute Gasteiger partial charge is 0.270 e. The Morgan fingerprint density at radius 2 is 1.83 bits per heavy atom. The third-order valence-electron chi connectivity index (χ3n) is 4.97. The molecule has 1 heterocycles. The Kier molecular flexibility index (Phi) is 6.70. The van der Waals surface area contributed by atoms with Gasteiger partial charge < -0.3 is 10.1 Å². The number of aryl methyl sites for hydroxylation is 2. The number of nitrogens with one attached hydrogen (secondary N) is 1. The van der Waals surface area contributed by atoms with Gasteiger partial charge in [-0.3, -0.25) is 4.79 Å². The number of nitrogens with zero attached hydrogens (tertiary/aromatic N) is 2. The zero-order valence-corrected chi connectivity index (χ0v) is 17.7. The fourth-order valence-corrected chi connectivity index (χ4v) is 3.34. The van der Waals surface area contributed by atoms with Crippen molar-refractivity contribution in [3.63, 3.8) is 0 Å². The van der Waals surface area contributed by atoms with E-state index in [-0.39, 0.29) is 5.91 Å². The molecule has 3 aromatic rings. The van der Waals surface area contributed by atoms with E-state index in [0.29, 0.717) is 12.2 Å². The van der Waals surface area contributed by atoms with E-state index in [0.717, 1.165) is 47.5 Å². The Balaban J connectivity index is 1.99. The van der Waals surface area contributed by atoms with Gasteiger partial charge in [0.15, 0.2) is 0 Å². The monoisotopic (exact) mass is 391 g/mol. The minimum absolute atomic E-state index is 0.103. The van der Waals surface area contributed by atoms with Gasteiger partial charge in [-0.15, -0.1) is 0 Å². The summed E-state index contributed by atoms with van der Waals surface area (Å²) in [7, 11) is 1.64. The maximum Gasteiger partial charge on any atom is 0.270 e. The summed E-state index contributed by atoms with van der Waals surface area (Å²) >= 11 is 0. The van der Waals surface area contributed by atoms with Crippen LogP contribution in [-0.2, 0) is 0 Å². The number of carbonyl (C=O) groups excluding carboxylic acids is 1. The molecule has 2 aromatic carbocycles. The van der Waals surface area contributed by atoms with Crippen LogP contribution in [0, 0.1) is 13.8 Å². The minimum Gasteiger partial charge on any atom is -0.497 e. The van der Waals surface area contributed by atoms with E-state index in [2.05, 4.69) is 25.2 Å². The molecule has 1 aromatic heterocycles. The summed E-state index contributed by atoms with van der Waals surface area (Å²) in [5, 5.41) is 7.82.